The Morgan fingerprint density at radius 2 is 2.09 bits per heavy atom. The van der Waals surface area contributed by atoms with Crippen LogP contribution >= 0.6 is 23.1 Å². The molecule has 0 saturated carbocycles. The van der Waals surface area contributed by atoms with Gasteiger partial charge in [0, 0.05) is 19.6 Å². The molecule has 2 heterocycles. The Balaban J connectivity index is 1.76. The van der Waals surface area contributed by atoms with Gasteiger partial charge in [0.05, 0.1) is 5.75 Å². The standard InChI is InChI=1S/C15H26N4OS2/c1-4-5-6-16-14-17-18-15(22-14)21-10-13(20)19-8-11(2)7-12(3)9-19/h11-12H,4-10H2,1-3H3,(H,16,17). The van der Waals surface area contributed by atoms with Gasteiger partial charge in [0.25, 0.3) is 0 Å². The third-order valence-electron chi connectivity index (χ3n) is 3.75. The van der Waals surface area contributed by atoms with Crippen LogP contribution in [0.15, 0.2) is 4.34 Å². The number of thioether (sulfide) groups is 1. The van der Waals surface area contributed by atoms with Crippen molar-refractivity contribution in [2.75, 3.05) is 30.7 Å². The van der Waals surface area contributed by atoms with Gasteiger partial charge >= 0.3 is 0 Å². The average molecular weight is 343 g/mol. The number of aromatic nitrogens is 2. The molecule has 0 aromatic carbocycles. The second kappa shape index (κ2) is 8.72. The van der Waals surface area contributed by atoms with E-state index in [1.54, 1.807) is 0 Å². The van der Waals surface area contributed by atoms with Gasteiger partial charge in [-0.05, 0) is 24.7 Å². The molecule has 1 aliphatic heterocycles. The number of rotatable bonds is 7. The first-order valence-electron chi connectivity index (χ1n) is 8.06. The van der Waals surface area contributed by atoms with Gasteiger partial charge in [-0.1, -0.05) is 50.3 Å². The van der Waals surface area contributed by atoms with Crippen molar-refractivity contribution < 1.29 is 4.79 Å². The van der Waals surface area contributed by atoms with Gasteiger partial charge in [0.1, 0.15) is 0 Å². The molecular weight excluding hydrogens is 316 g/mol. The maximum Gasteiger partial charge on any atom is 0.233 e. The molecule has 1 aromatic rings. The number of carbonyl (C=O) groups excluding carboxylic acids is 1. The highest BCUT2D eigenvalue weighted by Gasteiger charge is 2.25. The van der Waals surface area contributed by atoms with Crippen LogP contribution in [0.25, 0.3) is 0 Å². The van der Waals surface area contributed by atoms with Crippen LogP contribution in [-0.4, -0.2) is 46.4 Å². The molecule has 0 bridgehead atoms. The third-order valence-corrected chi connectivity index (χ3v) is 5.75. The molecule has 0 aliphatic carbocycles. The summed E-state index contributed by atoms with van der Waals surface area (Å²) in [5.74, 6) is 1.89. The third kappa shape index (κ3) is 5.43. The predicted molar refractivity (Wildman–Crippen MR) is 93.6 cm³/mol. The molecular formula is C15H26N4OS2. The van der Waals surface area contributed by atoms with Crippen molar-refractivity contribution in [3.8, 4) is 0 Å². The summed E-state index contributed by atoms with van der Waals surface area (Å²) in [6.07, 6.45) is 3.51. The van der Waals surface area contributed by atoms with Crippen molar-refractivity contribution >= 4 is 34.1 Å². The molecule has 124 valence electrons. The van der Waals surface area contributed by atoms with Gasteiger partial charge in [-0.2, -0.15) is 0 Å². The predicted octanol–water partition coefficient (Wildman–Crippen LogP) is 3.35. The molecule has 22 heavy (non-hydrogen) atoms. The molecule has 1 aliphatic rings. The number of piperidine rings is 1. The Labute approximate surface area is 141 Å². The fourth-order valence-corrected chi connectivity index (χ4v) is 4.47. The lowest BCUT2D eigenvalue weighted by Crippen LogP contribution is -2.43. The van der Waals surface area contributed by atoms with Crippen LogP contribution in [0.2, 0.25) is 0 Å². The van der Waals surface area contributed by atoms with E-state index in [2.05, 4.69) is 36.3 Å². The first-order chi connectivity index (χ1) is 10.6. The molecule has 1 fully saturated rings. The first-order valence-corrected chi connectivity index (χ1v) is 9.86. The van der Waals surface area contributed by atoms with Crippen molar-refractivity contribution in [1.29, 1.82) is 0 Å². The van der Waals surface area contributed by atoms with E-state index in [0.717, 1.165) is 41.9 Å². The van der Waals surface area contributed by atoms with Crippen LogP contribution in [-0.2, 0) is 4.79 Å². The number of amides is 1. The number of hydrogen-bond acceptors (Lipinski definition) is 6. The summed E-state index contributed by atoms with van der Waals surface area (Å²) in [7, 11) is 0. The highest BCUT2D eigenvalue weighted by Crippen LogP contribution is 2.27. The monoisotopic (exact) mass is 342 g/mol. The van der Waals surface area contributed by atoms with Gasteiger partial charge in [-0.15, -0.1) is 10.2 Å². The Kier molecular flexibility index (Phi) is 6.95. The number of nitrogens with one attached hydrogen (secondary N) is 1. The lowest BCUT2D eigenvalue weighted by atomic mass is 9.92. The van der Waals surface area contributed by atoms with Crippen LogP contribution in [0.1, 0.15) is 40.0 Å². The lowest BCUT2D eigenvalue weighted by Gasteiger charge is -2.34. The Bertz CT molecular complexity index is 470. The minimum atomic E-state index is 0.221. The highest BCUT2D eigenvalue weighted by atomic mass is 32.2. The van der Waals surface area contributed by atoms with Crippen molar-refractivity contribution in [1.82, 2.24) is 15.1 Å². The summed E-state index contributed by atoms with van der Waals surface area (Å²) in [6.45, 7) is 9.33. The summed E-state index contributed by atoms with van der Waals surface area (Å²) in [5, 5.41) is 12.4. The Morgan fingerprint density at radius 3 is 2.77 bits per heavy atom. The zero-order chi connectivity index (χ0) is 15.9. The molecule has 1 aromatic heterocycles. The van der Waals surface area contributed by atoms with Crippen molar-refractivity contribution in [3.63, 3.8) is 0 Å². The molecule has 1 amide bonds. The normalized spacial score (nSPS) is 21.9. The number of hydrogen-bond donors (Lipinski definition) is 1. The molecule has 2 rings (SSSR count). The SMILES string of the molecule is CCCCNc1nnc(SCC(=O)N2CC(C)CC(C)C2)s1. The second-order valence-electron chi connectivity index (χ2n) is 6.19. The van der Waals surface area contributed by atoms with E-state index in [4.69, 9.17) is 0 Å². The Hall–Kier alpha value is -0.820. The molecule has 0 radical (unpaired) electrons. The van der Waals surface area contributed by atoms with Gasteiger partial charge in [0.15, 0.2) is 4.34 Å². The first kappa shape index (κ1) is 17.5. The van der Waals surface area contributed by atoms with Crippen LogP contribution in [0.4, 0.5) is 5.13 Å². The van der Waals surface area contributed by atoms with E-state index in [1.807, 2.05) is 4.90 Å². The molecule has 5 nitrogen and oxygen atoms in total. The van der Waals surface area contributed by atoms with E-state index >= 15 is 0 Å². The minimum absolute atomic E-state index is 0.221. The van der Waals surface area contributed by atoms with Crippen LogP contribution in [0, 0.1) is 11.8 Å². The van der Waals surface area contributed by atoms with E-state index in [1.165, 1.54) is 29.5 Å². The molecule has 1 N–H and O–H groups in total. The second-order valence-corrected chi connectivity index (χ2v) is 8.39. The van der Waals surface area contributed by atoms with Gasteiger partial charge in [-0.3, -0.25) is 4.79 Å². The zero-order valence-electron chi connectivity index (χ0n) is 13.7. The van der Waals surface area contributed by atoms with E-state index in [-0.39, 0.29) is 5.91 Å². The summed E-state index contributed by atoms with van der Waals surface area (Å²) in [4.78, 5) is 14.3. The highest BCUT2D eigenvalue weighted by molar-refractivity contribution is 8.01. The average Bonchev–Trinajstić information content (AvgIpc) is 2.92. The molecule has 0 spiro atoms. The summed E-state index contributed by atoms with van der Waals surface area (Å²) in [6, 6.07) is 0. The molecule has 1 saturated heterocycles. The lowest BCUT2D eigenvalue weighted by molar-refractivity contribution is -0.130. The number of likely N-dealkylation sites (tertiary alicyclic amines) is 1. The largest absolute Gasteiger partial charge is 0.360 e. The summed E-state index contributed by atoms with van der Waals surface area (Å²) >= 11 is 3.03. The van der Waals surface area contributed by atoms with E-state index < -0.39 is 0 Å². The summed E-state index contributed by atoms with van der Waals surface area (Å²) < 4.78 is 0.866. The maximum atomic E-state index is 12.3. The fourth-order valence-electron chi connectivity index (χ4n) is 2.79. The summed E-state index contributed by atoms with van der Waals surface area (Å²) in [5.41, 5.74) is 0. The molecule has 2 unspecified atom stereocenters. The van der Waals surface area contributed by atoms with Crippen LogP contribution in [0.5, 0.6) is 0 Å². The number of unbranched alkanes of at least 4 members (excludes halogenated alkanes) is 1. The van der Waals surface area contributed by atoms with E-state index in [9.17, 15) is 4.79 Å². The number of carbonyl (C=O) groups is 1. The van der Waals surface area contributed by atoms with Crippen molar-refractivity contribution in [2.24, 2.45) is 11.8 Å². The fraction of sp³-hybridized carbons (Fsp3) is 0.800. The topological polar surface area (TPSA) is 58.1 Å². The van der Waals surface area contributed by atoms with Crippen molar-refractivity contribution in [3.05, 3.63) is 0 Å². The van der Waals surface area contributed by atoms with E-state index in [0.29, 0.717) is 17.6 Å². The quantitative estimate of drug-likeness (QED) is 0.608. The number of anilines is 1. The molecule has 7 heteroatoms. The van der Waals surface area contributed by atoms with Crippen LogP contribution in [0.3, 0.4) is 0 Å². The van der Waals surface area contributed by atoms with Gasteiger partial charge < -0.3 is 10.2 Å². The minimum Gasteiger partial charge on any atom is -0.360 e. The maximum absolute atomic E-state index is 12.3. The van der Waals surface area contributed by atoms with Gasteiger partial charge in [0.2, 0.25) is 11.0 Å². The Morgan fingerprint density at radius 1 is 1.36 bits per heavy atom. The van der Waals surface area contributed by atoms with Gasteiger partial charge in [-0.25, -0.2) is 0 Å². The van der Waals surface area contributed by atoms with Crippen LogP contribution < -0.4 is 5.32 Å². The van der Waals surface area contributed by atoms with Crippen molar-refractivity contribution in [2.45, 2.75) is 44.4 Å². The number of nitrogens with zero attached hydrogens (tertiary/aromatic N) is 3. The molecule has 2 atom stereocenters. The smallest absolute Gasteiger partial charge is 0.233 e. The zero-order valence-corrected chi connectivity index (χ0v) is 15.3.